The molecule has 1 aromatic rings. The minimum atomic E-state index is -0.338. The van der Waals surface area contributed by atoms with Crippen LogP contribution in [0.1, 0.15) is 51.3 Å². The van der Waals surface area contributed by atoms with Gasteiger partial charge >= 0.3 is 0 Å². The van der Waals surface area contributed by atoms with Crippen LogP contribution in [0.5, 0.6) is 0 Å². The van der Waals surface area contributed by atoms with Crippen LogP contribution in [-0.4, -0.2) is 28.5 Å². The van der Waals surface area contributed by atoms with Gasteiger partial charge in [-0.05, 0) is 50.3 Å². The molecular formula is C17H25N3O2. The second-order valence-electron chi connectivity index (χ2n) is 6.86. The Bertz CT molecular complexity index is 529. The summed E-state index contributed by atoms with van der Waals surface area (Å²) >= 11 is 0. The number of nitro benzene ring substituents is 1. The Morgan fingerprint density at radius 3 is 2.55 bits per heavy atom. The van der Waals surface area contributed by atoms with Crippen LogP contribution in [0.25, 0.3) is 0 Å². The maximum absolute atomic E-state index is 10.8. The van der Waals surface area contributed by atoms with Crippen molar-refractivity contribution in [2.24, 2.45) is 5.92 Å². The Morgan fingerprint density at radius 2 is 1.91 bits per heavy atom. The molecule has 2 fully saturated rings. The predicted octanol–water partition coefficient (Wildman–Crippen LogP) is 3.47. The van der Waals surface area contributed by atoms with Crippen LogP contribution < -0.4 is 5.32 Å². The molecule has 3 rings (SSSR count). The van der Waals surface area contributed by atoms with Crippen LogP contribution in [0.15, 0.2) is 24.3 Å². The van der Waals surface area contributed by atoms with Crippen molar-refractivity contribution in [3.63, 3.8) is 0 Å². The maximum atomic E-state index is 10.8. The highest BCUT2D eigenvalue weighted by Gasteiger charge is 2.37. The fourth-order valence-electron chi connectivity index (χ4n) is 3.90. The third-order valence-electron chi connectivity index (χ3n) is 5.14. The Hall–Kier alpha value is -1.46. The molecule has 120 valence electrons. The summed E-state index contributed by atoms with van der Waals surface area (Å²) in [5.74, 6) is 0.741. The van der Waals surface area contributed by atoms with E-state index in [9.17, 15) is 10.1 Å². The lowest BCUT2D eigenvalue weighted by atomic mass is 9.81. The molecular weight excluding hydrogens is 278 g/mol. The third-order valence-corrected chi connectivity index (χ3v) is 5.14. The van der Waals surface area contributed by atoms with E-state index in [0.29, 0.717) is 12.1 Å². The summed E-state index contributed by atoms with van der Waals surface area (Å²) in [6.45, 7) is 5.57. The van der Waals surface area contributed by atoms with Gasteiger partial charge in [0.1, 0.15) is 0 Å². The predicted molar refractivity (Wildman–Crippen MR) is 86.6 cm³/mol. The van der Waals surface area contributed by atoms with Gasteiger partial charge in [0.15, 0.2) is 0 Å². The lowest BCUT2D eigenvalue weighted by Gasteiger charge is -2.49. The molecule has 0 unspecified atom stereocenters. The summed E-state index contributed by atoms with van der Waals surface area (Å²) in [4.78, 5) is 13.0. The summed E-state index contributed by atoms with van der Waals surface area (Å²) in [7, 11) is 0. The molecule has 1 saturated carbocycles. The first kappa shape index (κ1) is 15.4. The fourth-order valence-corrected chi connectivity index (χ4v) is 3.90. The molecule has 1 aliphatic carbocycles. The van der Waals surface area contributed by atoms with Gasteiger partial charge in [0.05, 0.1) is 11.1 Å². The molecule has 0 bridgehead atoms. The number of nitrogens with one attached hydrogen (secondary N) is 1. The first-order valence-electron chi connectivity index (χ1n) is 8.32. The van der Waals surface area contributed by atoms with Crippen molar-refractivity contribution < 1.29 is 4.92 Å². The Balaban J connectivity index is 1.83. The van der Waals surface area contributed by atoms with Gasteiger partial charge in [-0.15, -0.1) is 0 Å². The van der Waals surface area contributed by atoms with Gasteiger partial charge < -0.3 is 0 Å². The summed E-state index contributed by atoms with van der Waals surface area (Å²) in [5.41, 5.74) is 1.29. The third kappa shape index (κ3) is 3.01. The zero-order valence-corrected chi connectivity index (χ0v) is 13.4. The molecule has 5 nitrogen and oxygen atoms in total. The quantitative estimate of drug-likeness (QED) is 0.686. The van der Waals surface area contributed by atoms with Crippen molar-refractivity contribution in [1.82, 2.24) is 10.2 Å². The van der Waals surface area contributed by atoms with E-state index < -0.39 is 0 Å². The van der Waals surface area contributed by atoms with E-state index in [1.807, 2.05) is 12.1 Å². The standard InChI is InChI=1S/C17H25N3O2/c1-12(2)19-11-14-5-3-4-6-16(14)18-17(19)13-7-9-15(10-8-13)20(21)22/h7-10,12,14,16-18H,3-6,11H2,1-2H3/t14-,16-,17+/m1/s1. The topological polar surface area (TPSA) is 58.4 Å². The molecule has 22 heavy (non-hydrogen) atoms. The number of nitro groups is 1. The van der Waals surface area contributed by atoms with Gasteiger partial charge in [0.2, 0.25) is 0 Å². The number of rotatable bonds is 3. The minimum absolute atomic E-state index is 0.159. The molecule has 1 aromatic carbocycles. The normalized spacial score (nSPS) is 29.3. The zero-order chi connectivity index (χ0) is 15.7. The van der Waals surface area contributed by atoms with Gasteiger partial charge in [-0.1, -0.05) is 12.8 Å². The van der Waals surface area contributed by atoms with Crippen LogP contribution in [0.3, 0.4) is 0 Å². The average Bonchev–Trinajstić information content (AvgIpc) is 2.53. The second kappa shape index (κ2) is 6.34. The SMILES string of the molecule is CC(C)N1C[C@H]2CCCC[C@H]2N[C@@H]1c1ccc([N+](=O)[O-])cc1. The first-order valence-corrected chi connectivity index (χ1v) is 8.32. The highest BCUT2D eigenvalue weighted by molar-refractivity contribution is 5.34. The number of benzene rings is 1. The van der Waals surface area contributed by atoms with Crippen molar-refractivity contribution >= 4 is 5.69 Å². The van der Waals surface area contributed by atoms with Gasteiger partial charge in [0.25, 0.3) is 5.69 Å². The molecule has 0 amide bonds. The smallest absolute Gasteiger partial charge is 0.269 e. The highest BCUT2D eigenvalue weighted by atomic mass is 16.6. The van der Waals surface area contributed by atoms with E-state index in [1.165, 1.54) is 25.7 Å². The summed E-state index contributed by atoms with van der Waals surface area (Å²) in [5, 5.41) is 14.6. The zero-order valence-electron chi connectivity index (χ0n) is 13.4. The lowest BCUT2D eigenvalue weighted by molar-refractivity contribution is -0.384. The van der Waals surface area contributed by atoms with Gasteiger partial charge in [0, 0.05) is 30.8 Å². The van der Waals surface area contributed by atoms with Crippen molar-refractivity contribution in [1.29, 1.82) is 0 Å². The first-order chi connectivity index (χ1) is 10.6. The monoisotopic (exact) mass is 303 g/mol. The largest absolute Gasteiger partial charge is 0.295 e. The lowest BCUT2D eigenvalue weighted by Crippen LogP contribution is -2.57. The molecule has 1 heterocycles. The molecule has 0 aromatic heterocycles. The maximum Gasteiger partial charge on any atom is 0.269 e. The van der Waals surface area contributed by atoms with Gasteiger partial charge in [-0.3, -0.25) is 20.3 Å². The van der Waals surface area contributed by atoms with Crippen LogP contribution in [0, 0.1) is 16.0 Å². The van der Waals surface area contributed by atoms with E-state index in [0.717, 1.165) is 18.0 Å². The number of fused-ring (bicyclic) bond motifs is 1. The van der Waals surface area contributed by atoms with E-state index >= 15 is 0 Å². The molecule has 1 saturated heterocycles. The van der Waals surface area contributed by atoms with E-state index in [-0.39, 0.29) is 16.8 Å². The van der Waals surface area contributed by atoms with Crippen molar-refractivity contribution in [2.75, 3.05) is 6.54 Å². The number of hydrogen-bond donors (Lipinski definition) is 1. The second-order valence-corrected chi connectivity index (χ2v) is 6.86. The summed E-state index contributed by atoms with van der Waals surface area (Å²) < 4.78 is 0. The number of nitrogens with zero attached hydrogens (tertiary/aromatic N) is 2. The van der Waals surface area contributed by atoms with Crippen LogP contribution in [-0.2, 0) is 0 Å². The Morgan fingerprint density at radius 1 is 1.23 bits per heavy atom. The van der Waals surface area contributed by atoms with Crippen LogP contribution >= 0.6 is 0 Å². The molecule has 2 aliphatic rings. The summed E-state index contributed by atoms with van der Waals surface area (Å²) in [6.07, 6.45) is 5.38. The molecule has 0 spiro atoms. The van der Waals surface area contributed by atoms with Gasteiger partial charge in [-0.25, -0.2) is 0 Å². The van der Waals surface area contributed by atoms with E-state index in [2.05, 4.69) is 24.1 Å². The fraction of sp³-hybridized carbons (Fsp3) is 0.647. The van der Waals surface area contributed by atoms with Crippen molar-refractivity contribution in [2.45, 2.75) is 57.8 Å². The molecule has 5 heteroatoms. The number of hydrogen-bond acceptors (Lipinski definition) is 4. The van der Waals surface area contributed by atoms with E-state index in [4.69, 9.17) is 0 Å². The molecule has 1 aliphatic heterocycles. The van der Waals surface area contributed by atoms with E-state index in [1.54, 1.807) is 12.1 Å². The highest BCUT2D eigenvalue weighted by Crippen LogP contribution is 2.35. The van der Waals surface area contributed by atoms with Gasteiger partial charge in [-0.2, -0.15) is 0 Å². The van der Waals surface area contributed by atoms with Crippen molar-refractivity contribution in [3.05, 3.63) is 39.9 Å². The average molecular weight is 303 g/mol. The molecule has 1 N–H and O–H groups in total. The number of non-ortho nitro benzene ring substituents is 1. The summed E-state index contributed by atoms with van der Waals surface area (Å²) in [6, 6.07) is 8.06. The minimum Gasteiger partial charge on any atom is -0.295 e. The molecule has 0 radical (unpaired) electrons. The van der Waals surface area contributed by atoms with Crippen LogP contribution in [0.4, 0.5) is 5.69 Å². The van der Waals surface area contributed by atoms with Crippen LogP contribution in [0.2, 0.25) is 0 Å². The molecule has 3 atom stereocenters. The van der Waals surface area contributed by atoms with Crippen molar-refractivity contribution in [3.8, 4) is 0 Å². The Labute approximate surface area is 131 Å². The Kier molecular flexibility index (Phi) is 4.45.